The molecule has 0 saturated carbocycles. The summed E-state index contributed by atoms with van der Waals surface area (Å²) in [4.78, 5) is 38.7. The van der Waals surface area contributed by atoms with Gasteiger partial charge in [0.1, 0.15) is 6.04 Å². The van der Waals surface area contributed by atoms with Crippen molar-refractivity contribution in [1.29, 1.82) is 0 Å². The van der Waals surface area contributed by atoms with Crippen LogP contribution in [0.15, 0.2) is 24.3 Å². The Balaban J connectivity index is 1.95. The number of unbranched alkanes of at least 4 members (excludes halogenated alkanes) is 2. The fourth-order valence-electron chi connectivity index (χ4n) is 3.21. The van der Waals surface area contributed by atoms with E-state index in [1.165, 1.54) is 0 Å². The molecule has 3 amide bonds. The van der Waals surface area contributed by atoms with Gasteiger partial charge in [-0.3, -0.25) is 14.4 Å². The fourth-order valence-corrected chi connectivity index (χ4v) is 3.21. The van der Waals surface area contributed by atoms with Crippen molar-refractivity contribution in [2.75, 3.05) is 18.4 Å². The van der Waals surface area contributed by atoms with Crippen LogP contribution in [0.1, 0.15) is 69.2 Å². The quantitative estimate of drug-likeness (QED) is 0.652. The minimum absolute atomic E-state index is 0.0146. The molecule has 0 aromatic heterocycles. The molecule has 0 spiro atoms. The molecule has 0 radical (unpaired) electrons. The average molecular weight is 373 g/mol. The van der Waals surface area contributed by atoms with E-state index in [0.717, 1.165) is 32.1 Å². The third kappa shape index (κ3) is 6.08. The van der Waals surface area contributed by atoms with E-state index in [1.54, 1.807) is 29.2 Å². The van der Waals surface area contributed by atoms with Gasteiger partial charge in [-0.15, -0.1) is 0 Å². The SMILES string of the molecule is CCCCNC(=O)C1CCCN1C(=O)c1ccc(NC(=O)CCCC)cc1. The van der Waals surface area contributed by atoms with Crippen LogP contribution < -0.4 is 10.6 Å². The number of carbonyl (C=O) groups excluding carboxylic acids is 3. The fraction of sp³-hybridized carbons (Fsp3) is 0.571. The number of amides is 3. The molecule has 2 rings (SSSR count). The Morgan fingerprint density at radius 3 is 2.44 bits per heavy atom. The molecule has 6 nitrogen and oxygen atoms in total. The van der Waals surface area contributed by atoms with Crippen molar-refractivity contribution in [2.45, 2.75) is 64.8 Å². The van der Waals surface area contributed by atoms with Gasteiger partial charge in [-0.1, -0.05) is 26.7 Å². The van der Waals surface area contributed by atoms with Crippen LogP contribution >= 0.6 is 0 Å². The van der Waals surface area contributed by atoms with Gasteiger partial charge in [-0.25, -0.2) is 0 Å². The Morgan fingerprint density at radius 2 is 1.78 bits per heavy atom. The molecule has 1 aliphatic rings. The number of nitrogens with zero attached hydrogens (tertiary/aromatic N) is 1. The van der Waals surface area contributed by atoms with Crippen LogP contribution in [0.25, 0.3) is 0 Å². The Labute approximate surface area is 161 Å². The van der Waals surface area contributed by atoms with Crippen LogP contribution in [0.5, 0.6) is 0 Å². The Bertz CT molecular complexity index is 643. The van der Waals surface area contributed by atoms with E-state index in [-0.39, 0.29) is 23.8 Å². The third-order valence-corrected chi connectivity index (χ3v) is 4.82. The summed E-state index contributed by atoms with van der Waals surface area (Å²) in [5, 5.41) is 5.77. The summed E-state index contributed by atoms with van der Waals surface area (Å²) in [6, 6.07) is 6.51. The van der Waals surface area contributed by atoms with Gasteiger partial charge in [0.25, 0.3) is 5.91 Å². The highest BCUT2D eigenvalue weighted by molar-refractivity contribution is 5.98. The molecule has 1 saturated heterocycles. The predicted octanol–water partition coefficient (Wildman–Crippen LogP) is 3.34. The van der Waals surface area contributed by atoms with E-state index >= 15 is 0 Å². The number of hydrogen-bond donors (Lipinski definition) is 2. The van der Waals surface area contributed by atoms with E-state index in [2.05, 4.69) is 17.6 Å². The number of carbonyl (C=O) groups is 3. The summed E-state index contributed by atoms with van der Waals surface area (Å²) in [6.07, 6.45) is 5.84. The molecule has 1 unspecified atom stereocenters. The monoisotopic (exact) mass is 373 g/mol. The normalized spacial score (nSPS) is 16.2. The molecule has 2 N–H and O–H groups in total. The highest BCUT2D eigenvalue weighted by Gasteiger charge is 2.34. The van der Waals surface area contributed by atoms with E-state index in [0.29, 0.717) is 37.2 Å². The predicted molar refractivity (Wildman–Crippen MR) is 107 cm³/mol. The standard InChI is InChI=1S/C21H31N3O3/c1-3-5-9-19(25)23-17-12-10-16(11-13-17)21(27)24-15-7-8-18(24)20(26)22-14-6-4-2/h10-13,18H,3-9,14-15H2,1-2H3,(H,22,26)(H,23,25). The van der Waals surface area contributed by atoms with Crippen LogP contribution in [-0.2, 0) is 9.59 Å². The van der Waals surface area contributed by atoms with Crippen LogP contribution in [-0.4, -0.2) is 41.8 Å². The zero-order valence-corrected chi connectivity index (χ0v) is 16.4. The number of nitrogens with one attached hydrogen (secondary N) is 2. The lowest BCUT2D eigenvalue weighted by atomic mass is 10.1. The van der Waals surface area contributed by atoms with Gasteiger partial charge >= 0.3 is 0 Å². The van der Waals surface area contributed by atoms with Crippen LogP contribution in [0, 0.1) is 0 Å². The van der Waals surface area contributed by atoms with E-state index in [1.807, 2.05) is 6.92 Å². The lowest BCUT2D eigenvalue weighted by Crippen LogP contribution is -2.46. The molecule has 6 heteroatoms. The van der Waals surface area contributed by atoms with E-state index in [9.17, 15) is 14.4 Å². The molecule has 1 aromatic carbocycles. The van der Waals surface area contributed by atoms with Crippen LogP contribution in [0.2, 0.25) is 0 Å². The van der Waals surface area contributed by atoms with Gasteiger partial charge in [0.15, 0.2) is 0 Å². The molecule has 1 atom stereocenters. The first-order valence-electron chi connectivity index (χ1n) is 10.1. The number of hydrogen-bond acceptors (Lipinski definition) is 3. The van der Waals surface area contributed by atoms with Crippen molar-refractivity contribution in [2.24, 2.45) is 0 Å². The minimum atomic E-state index is -0.386. The highest BCUT2D eigenvalue weighted by atomic mass is 16.2. The van der Waals surface area contributed by atoms with Crippen LogP contribution in [0.4, 0.5) is 5.69 Å². The highest BCUT2D eigenvalue weighted by Crippen LogP contribution is 2.21. The van der Waals surface area contributed by atoms with E-state index in [4.69, 9.17) is 0 Å². The molecule has 148 valence electrons. The summed E-state index contributed by atoms with van der Waals surface area (Å²) < 4.78 is 0. The second-order valence-electron chi connectivity index (χ2n) is 7.03. The van der Waals surface area contributed by atoms with Crippen molar-refractivity contribution in [3.05, 3.63) is 29.8 Å². The first-order valence-corrected chi connectivity index (χ1v) is 10.1. The number of rotatable bonds is 9. The first kappa shape index (κ1) is 20.9. The van der Waals surface area contributed by atoms with Crippen molar-refractivity contribution in [3.63, 3.8) is 0 Å². The van der Waals surface area contributed by atoms with Crippen molar-refractivity contribution >= 4 is 23.4 Å². The van der Waals surface area contributed by atoms with Crippen molar-refractivity contribution in [1.82, 2.24) is 10.2 Å². The molecule has 0 bridgehead atoms. The number of benzene rings is 1. The number of likely N-dealkylation sites (tertiary alicyclic amines) is 1. The molecular weight excluding hydrogens is 342 g/mol. The summed E-state index contributed by atoms with van der Waals surface area (Å²) in [5.74, 6) is -0.208. The lowest BCUT2D eigenvalue weighted by Gasteiger charge is -2.24. The van der Waals surface area contributed by atoms with Gasteiger partial charge in [0.05, 0.1) is 0 Å². The van der Waals surface area contributed by atoms with Gasteiger partial charge < -0.3 is 15.5 Å². The summed E-state index contributed by atoms with van der Waals surface area (Å²) in [7, 11) is 0. The summed E-state index contributed by atoms with van der Waals surface area (Å²) >= 11 is 0. The van der Waals surface area contributed by atoms with Crippen molar-refractivity contribution < 1.29 is 14.4 Å². The molecule has 27 heavy (non-hydrogen) atoms. The van der Waals surface area contributed by atoms with Gasteiger partial charge in [-0.2, -0.15) is 0 Å². The zero-order valence-electron chi connectivity index (χ0n) is 16.4. The molecule has 1 fully saturated rings. The molecule has 1 aromatic rings. The average Bonchev–Trinajstić information content (AvgIpc) is 3.16. The maximum Gasteiger partial charge on any atom is 0.254 e. The first-order chi connectivity index (χ1) is 13.1. The Morgan fingerprint density at radius 1 is 1.07 bits per heavy atom. The maximum atomic E-state index is 12.8. The minimum Gasteiger partial charge on any atom is -0.354 e. The largest absolute Gasteiger partial charge is 0.354 e. The Kier molecular flexibility index (Phi) is 8.30. The molecule has 1 heterocycles. The van der Waals surface area contributed by atoms with Gasteiger partial charge in [0.2, 0.25) is 11.8 Å². The second-order valence-corrected chi connectivity index (χ2v) is 7.03. The maximum absolute atomic E-state index is 12.8. The number of anilines is 1. The second kappa shape index (κ2) is 10.7. The molecule has 0 aliphatic carbocycles. The Hall–Kier alpha value is -2.37. The van der Waals surface area contributed by atoms with Gasteiger partial charge in [-0.05, 0) is 49.9 Å². The molecular formula is C21H31N3O3. The zero-order chi connectivity index (χ0) is 19.6. The topological polar surface area (TPSA) is 78.5 Å². The van der Waals surface area contributed by atoms with E-state index < -0.39 is 0 Å². The lowest BCUT2D eigenvalue weighted by molar-refractivity contribution is -0.124. The summed E-state index contributed by atoms with van der Waals surface area (Å²) in [5.41, 5.74) is 1.22. The van der Waals surface area contributed by atoms with Crippen molar-refractivity contribution in [3.8, 4) is 0 Å². The van der Waals surface area contributed by atoms with Crippen LogP contribution in [0.3, 0.4) is 0 Å². The third-order valence-electron chi connectivity index (χ3n) is 4.82. The smallest absolute Gasteiger partial charge is 0.254 e. The summed E-state index contributed by atoms with van der Waals surface area (Å²) in [6.45, 7) is 5.37. The van der Waals surface area contributed by atoms with Gasteiger partial charge in [0, 0.05) is 30.8 Å². The molecule has 1 aliphatic heterocycles.